The predicted molar refractivity (Wildman–Crippen MR) is 105 cm³/mol. The average molecular weight is 370 g/mol. The molecule has 0 fully saturated rings. The molecule has 0 bridgehead atoms. The van der Waals surface area contributed by atoms with Crippen molar-refractivity contribution in [2.75, 3.05) is 12.0 Å². The molecule has 142 valence electrons. The summed E-state index contributed by atoms with van der Waals surface area (Å²) in [6.45, 7) is 6.39. The third kappa shape index (κ3) is 3.62. The number of benzene rings is 1. The number of hydrazone groups is 1. The van der Waals surface area contributed by atoms with E-state index in [1.54, 1.807) is 17.8 Å². The van der Waals surface area contributed by atoms with Crippen molar-refractivity contribution < 1.29 is 4.74 Å². The van der Waals surface area contributed by atoms with Crippen LogP contribution in [-0.2, 0) is 7.05 Å². The van der Waals surface area contributed by atoms with Crippen LogP contribution < -0.4 is 21.4 Å². The van der Waals surface area contributed by atoms with Crippen LogP contribution in [0.4, 0.5) is 5.95 Å². The Balaban J connectivity index is 1.93. The molecule has 0 unspecified atom stereocenters. The standard InChI is InChI=1S/C18H22N6O3/c1-5-27-13-8-6-12(7-9-13)10-19-22-17-20-15-14(24(17)11(2)3)16(25)21-18(26)23(15)4/h6-11H,5H2,1-4H3,(H,20,22)(H,21,25,26)/b19-10+. The van der Waals surface area contributed by atoms with Gasteiger partial charge in [0.15, 0.2) is 11.2 Å². The van der Waals surface area contributed by atoms with E-state index in [0.29, 0.717) is 23.7 Å². The fraction of sp³-hybridized carbons (Fsp3) is 0.333. The largest absolute Gasteiger partial charge is 0.494 e. The van der Waals surface area contributed by atoms with Gasteiger partial charge < -0.3 is 9.30 Å². The van der Waals surface area contributed by atoms with Gasteiger partial charge in [-0.15, -0.1) is 0 Å². The van der Waals surface area contributed by atoms with Gasteiger partial charge in [0.2, 0.25) is 5.95 Å². The third-order valence-corrected chi connectivity index (χ3v) is 4.04. The fourth-order valence-corrected chi connectivity index (χ4v) is 2.76. The molecule has 1 aromatic carbocycles. The lowest BCUT2D eigenvalue weighted by Crippen LogP contribution is -2.29. The molecule has 0 aliphatic carbocycles. The Kier molecular flexibility index (Phi) is 5.11. The Morgan fingerprint density at radius 2 is 2.00 bits per heavy atom. The van der Waals surface area contributed by atoms with Crippen LogP contribution in [-0.4, -0.2) is 31.9 Å². The maximum absolute atomic E-state index is 12.3. The second-order valence-corrected chi connectivity index (χ2v) is 6.26. The van der Waals surface area contributed by atoms with Gasteiger partial charge in [0.25, 0.3) is 5.56 Å². The highest BCUT2D eigenvalue weighted by atomic mass is 16.5. The van der Waals surface area contributed by atoms with E-state index in [2.05, 4.69) is 20.5 Å². The van der Waals surface area contributed by atoms with Crippen molar-refractivity contribution in [1.82, 2.24) is 19.1 Å². The van der Waals surface area contributed by atoms with Crippen molar-refractivity contribution >= 4 is 23.3 Å². The van der Waals surface area contributed by atoms with Crippen LogP contribution in [0, 0.1) is 0 Å². The van der Waals surface area contributed by atoms with Crippen LogP contribution in [0.3, 0.4) is 0 Å². The molecular formula is C18H22N6O3. The number of ether oxygens (including phenoxy) is 1. The highest BCUT2D eigenvalue weighted by Crippen LogP contribution is 2.20. The van der Waals surface area contributed by atoms with Gasteiger partial charge in [0, 0.05) is 13.1 Å². The summed E-state index contributed by atoms with van der Waals surface area (Å²) in [6.07, 6.45) is 1.64. The van der Waals surface area contributed by atoms with E-state index in [0.717, 1.165) is 11.3 Å². The average Bonchev–Trinajstić information content (AvgIpc) is 3.02. The first kappa shape index (κ1) is 18.4. The number of imidazole rings is 1. The number of anilines is 1. The summed E-state index contributed by atoms with van der Waals surface area (Å²) in [6, 6.07) is 7.44. The first-order chi connectivity index (χ1) is 12.9. The maximum atomic E-state index is 12.3. The van der Waals surface area contributed by atoms with Crippen molar-refractivity contribution in [1.29, 1.82) is 0 Å². The summed E-state index contributed by atoms with van der Waals surface area (Å²) < 4.78 is 8.42. The molecule has 0 spiro atoms. The van der Waals surface area contributed by atoms with Crippen molar-refractivity contribution in [3.63, 3.8) is 0 Å². The van der Waals surface area contributed by atoms with E-state index in [4.69, 9.17) is 4.74 Å². The Morgan fingerprint density at radius 1 is 1.30 bits per heavy atom. The molecule has 3 rings (SSSR count). The van der Waals surface area contributed by atoms with Crippen molar-refractivity contribution in [2.45, 2.75) is 26.8 Å². The zero-order valence-corrected chi connectivity index (χ0v) is 15.7. The van der Waals surface area contributed by atoms with E-state index in [9.17, 15) is 9.59 Å². The second kappa shape index (κ2) is 7.48. The molecule has 2 heterocycles. The number of nitrogens with one attached hydrogen (secondary N) is 2. The first-order valence-corrected chi connectivity index (χ1v) is 8.65. The maximum Gasteiger partial charge on any atom is 0.329 e. The lowest BCUT2D eigenvalue weighted by Gasteiger charge is -2.11. The van der Waals surface area contributed by atoms with Gasteiger partial charge >= 0.3 is 5.69 Å². The second-order valence-electron chi connectivity index (χ2n) is 6.26. The summed E-state index contributed by atoms with van der Waals surface area (Å²) in [4.78, 5) is 30.8. The first-order valence-electron chi connectivity index (χ1n) is 8.65. The van der Waals surface area contributed by atoms with Gasteiger partial charge in [-0.3, -0.25) is 14.3 Å². The highest BCUT2D eigenvalue weighted by molar-refractivity contribution is 5.80. The molecule has 27 heavy (non-hydrogen) atoms. The molecule has 2 N–H and O–H groups in total. The van der Waals surface area contributed by atoms with Crippen LogP contribution >= 0.6 is 0 Å². The quantitative estimate of drug-likeness (QED) is 0.509. The Labute approximate surface area is 155 Å². The number of rotatable bonds is 6. The van der Waals surface area contributed by atoms with Crippen LogP contribution in [0.2, 0.25) is 0 Å². The molecule has 2 aromatic heterocycles. The topological polar surface area (TPSA) is 106 Å². The molecule has 3 aromatic rings. The molecule has 0 radical (unpaired) electrons. The van der Waals surface area contributed by atoms with E-state index in [-0.39, 0.29) is 6.04 Å². The SMILES string of the molecule is CCOc1ccc(/C=N/Nc2nc3c(c(=O)[nH]c(=O)n3C)n2C(C)C)cc1. The number of nitrogens with zero attached hydrogens (tertiary/aromatic N) is 4. The molecule has 9 nitrogen and oxygen atoms in total. The molecule has 0 aliphatic rings. The van der Waals surface area contributed by atoms with Crippen molar-refractivity contribution in [3.05, 3.63) is 50.7 Å². The van der Waals surface area contributed by atoms with E-state index < -0.39 is 11.2 Å². The van der Waals surface area contributed by atoms with Gasteiger partial charge in [0.1, 0.15) is 5.75 Å². The normalized spacial score (nSPS) is 11.6. The smallest absolute Gasteiger partial charge is 0.329 e. The van der Waals surface area contributed by atoms with Crippen molar-refractivity contribution in [3.8, 4) is 5.75 Å². The van der Waals surface area contributed by atoms with Crippen LogP contribution in [0.15, 0.2) is 39.0 Å². The Hall–Kier alpha value is -3.36. The van der Waals surface area contributed by atoms with Gasteiger partial charge in [0.05, 0.1) is 12.8 Å². The van der Waals surface area contributed by atoms with E-state index in [1.807, 2.05) is 45.0 Å². The molecule has 9 heteroatoms. The lowest BCUT2D eigenvalue weighted by molar-refractivity contribution is 0.340. The van der Waals surface area contributed by atoms with Crippen molar-refractivity contribution in [2.24, 2.45) is 12.1 Å². The zero-order valence-electron chi connectivity index (χ0n) is 15.7. The predicted octanol–water partition coefficient (Wildman–Crippen LogP) is 1.85. The third-order valence-electron chi connectivity index (χ3n) is 4.04. The molecule has 0 saturated carbocycles. The highest BCUT2D eigenvalue weighted by Gasteiger charge is 2.18. The number of aryl methyl sites for hydroxylation is 1. The Morgan fingerprint density at radius 3 is 2.63 bits per heavy atom. The van der Waals surface area contributed by atoms with Gasteiger partial charge in [-0.05, 0) is 50.6 Å². The summed E-state index contributed by atoms with van der Waals surface area (Å²) >= 11 is 0. The molecule has 0 saturated heterocycles. The zero-order chi connectivity index (χ0) is 19.6. The summed E-state index contributed by atoms with van der Waals surface area (Å²) in [5, 5.41) is 4.21. The number of H-pyrrole nitrogens is 1. The minimum Gasteiger partial charge on any atom is -0.494 e. The molecule has 0 amide bonds. The van der Waals surface area contributed by atoms with Gasteiger partial charge in [-0.1, -0.05) is 0 Å². The number of hydrogen-bond donors (Lipinski definition) is 2. The molecular weight excluding hydrogens is 348 g/mol. The number of hydrogen-bond acceptors (Lipinski definition) is 6. The molecule has 0 atom stereocenters. The Bertz CT molecular complexity index is 1090. The fourth-order valence-electron chi connectivity index (χ4n) is 2.76. The van der Waals surface area contributed by atoms with Gasteiger partial charge in [-0.2, -0.15) is 10.1 Å². The minimum atomic E-state index is -0.509. The summed E-state index contributed by atoms with van der Waals surface area (Å²) in [5.41, 5.74) is 3.39. The van der Waals surface area contributed by atoms with Crippen LogP contribution in [0.1, 0.15) is 32.4 Å². The van der Waals surface area contributed by atoms with Crippen LogP contribution in [0.25, 0.3) is 11.2 Å². The van der Waals surface area contributed by atoms with Gasteiger partial charge in [-0.25, -0.2) is 10.2 Å². The lowest BCUT2D eigenvalue weighted by atomic mass is 10.2. The van der Waals surface area contributed by atoms with E-state index >= 15 is 0 Å². The monoisotopic (exact) mass is 370 g/mol. The summed E-state index contributed by atoms with van der Waals surface area (Å²) in [5.74, 6) is 1.18. The molecule has 0 aliphatic heterocycles. The minimum absolute atomic E-state index is 0.0585. The number of fused-ring (bicyclic) bond motifs is 1. The van der Waals surface area contributed by atoms with Crippen LogP contribution in [0.5, 0.6) is 5.75 Å². The van der Waals surface area contributed by atoms with E-state index in [1.165, 1.54) is 4.57 Å². The summed E-state index contributed by atoms with van der Waals surface area (Å²) in [7, 11) is 1.56. The number of aromatic amines is 1. The number of aromatic nitrogens is 4.